The first kappa shape index (κ1) is 16.8. The van der Waals surface area contributed by atoms with Gasteiger partial charge in [0.1, 0.15) is 0 Å². The lowest BCUT2D eigenvalue weighted by Gasteiger charge is -2.31. The molecule has 0 atom stereocenters. The molecule has 0 saturated carbocycles. The number of para-hydroxylation sites is 1. The van der Waals surface area contributed by atoms with Crippen molar-refractivity contribution in [1.29, 1.82) is 0 Å². The summed E-state index contributed by atoms with van der Waals surface area (Å²) in [5.74, 6) is 2.34. The van der Waals surface area contributed by atoms with E-state index in [1.54, 1.807) is 0 Å². The fourth-order valence-corrected chi connectivity index (χ4v) is 2.53. The molecule has 1 aromatic carbocycles. The van der Waals surface area contributed by atoms with Crippen molar-refractivity contribution in [2.45, 2.75) is 18.9 Å². The Balaban J connectivity index is 1.67. The number of anilines is 1. The molecular formula is C17H22N4O2. The SMILES string of the molecule is C#CCNC(=O)NC1CCN(CC(=O)Nc2ccccc2)CC1. The molecule has 1 saturated heterocycles. The maximum atomic E-state index is 12.0. The molecule has 1 fully saturated rings. The van der Waals surface area contributed by atoms with Crippen molar-refractivity contribution in [3.63, 3.8) is 0 Å². The normalized spacial score (nSPS) is 15.4. The highest BCUT2D eigenvalue weighted by atomic mass is 16.2. The van der Waals surface area contributed by atoms with Gasteiger partial charge in [0.2, 0.25) is 5.91 Å². The largest absolute Gasteiger partial charge is 0.335 e. The topological polar surface area (TPSA) is 73.5 Å². The van der Waals surface area contributed by atoms with Gasteiger partial charge in [-0.3, -0.25) is 9.69 Å². The van der Waals surface area contributed by atoms with E-state index in [2.05, 4.69) is 26.8 Å². The molecule has 0 aromatic heterocycles. The smallest absolute Gasteiger partial charge is 0.315 e. The summed E-state index contributed by atoms with van der Waals surface area (Å²) in [5, 5.41) is 8.36. The molecule has 6 heteroatoms. The molecule has 1 heterocycles. The van der Waals surface area contributed by atoms with Crippen LogP contribution in [0.2, 0.25) is 0 Å². The van der Waals surface area contributed by atoms with Crippen molar-refractivity contribution in [2.24, 2.45) is 0 Å². The number of amides is 3. The van der Waals surface area contributed by atoms with E-state index in [0.29, 0.717) is 6.54 Å². The van der Waals surface area contributed by atoms with Crippen LogP contribution in [0.5, 0.6) is 0 Å². The quantitative estimate of drug-likeness (QED) is 0.711. The average Bonchev–Trinajstić information content (AvgIpc) is 2.55. The summed E-state index contributed by atoms with van der Waals surface area (Å²) in [4.78, 5) is 25.6. The summed E-state index contributed by atoms with van der Waals surface area (Å²) in [5.41, 5.74) is 0.805. The summed E-state index contributed by atoms with van der Waals surface area (Å²) in [6, 6.07) is 9.30. The molecule has 3 amide bonds. The highest BCUT2D eigenvalue weighted by molar-refractivity contribution is 5.92. The zero-order chi connectivity index (χ0) is 16.5. The lowest BCUT2D eigenvalue weighted by molar-refractivity contribution is -0.117. The predicted octanol–water partition coefficient (Wildman–Crippen LogP) is 1.02. The van der Waals surface area contributed by atoms with Crippen molar-refractivity contribution < 1.29 is 9.59 Å². The van der Waals surface area contributed by atoms with Gasteiger partial charge in [-0.05, 0) is 25.0 Å². The monoisotopic (exact) mass is 314 g/mol. The van der Waals surface area contributed by atoms with Crippen molar-refractivity contribution >= 4 is 17.6 Å². The summed E-state index contributed by atoms with van der Waals surface area (Å²) < 4.78 is 0. The molecule has 0 bridgehead atoms. The molecule has 0 aliphatic carbocycles. The Morgan fingerprint density at radius 1 is 1.22 bits per heavy atom. The molecule has 1 aliphatic rings. The summed E-state index contributed by atoms with van der Waals surface area (Å²) in [6.07, 6.45) is 6.74. The van der Waals surface area contributed by atoms with Crippen LogP contribution < -0.4 is 16.0 Å². The van der Waals surface area contributed by atoms with E-state index < -0.39 is 0 Å². The number of hydrogen-bond donors (Lipinski definition) is 3. The Morgan fingerprint density at radius 3 is 2.57 bits per heavy atom. The van der Waals surface area contributed by atoms with Crippen molar-refractivity contribution in [3.8, 4) is 12.3 Å². The molecule has 0 radical (unpaired) electrons. The third-order valence-corrected chi connectivity index (χ3v) is 3.70. The van der Waals surface area contributed by atoms with Crippen molar-refractivity contribution in [3.05, 3.63) is 30.3 Å². The zero-order valence-corrected chi connectivity index (χ0v) is 13.0. The third-order valence-electron chi connectivity index (χ3n) is 3.70. The number of nitrogens with zero attached hydrogens (tertiary/aromatic N) is 1. The second kappa shape index (κ2) is 8.81. The highest BCUT2D eigenvalue weighted by Gasteiger charge is 2.21. The molecule has 3 N–H and O–H groups in total. The van der Waals surface area contributed by atoms with Gasteiger partial charge in [0.25, 0.3) is 0 Å². The van der Waals surface area contributed by atoms with E-state index in [-0.39, 0.29) is 24.5 Å². The number of nitrogens with one attached hydrogen (secondary N) is 3. The minimum absolute atomic E-state index is 0.0191. The van der Waals surface area contributed by atoms with Crippen LogP contribution >= 0.6 is 0 Å². The Bertz CT molecular complexity index is 560. The third kappa shape index (κ3) is 6.01. The Kier molecular flexibility index (Phi) is 6.45. The lowest BCUT2D eigenvalue weighted by atomic mass is 10.1. The molecule has 0 unspecified atom stereocenters. The fraction of sp³-hybridized carbons (Fsp3) is 0.412. The molecule has 1 aliphatic heterocycles. The molecule has 23 heavy (non-hydrogen) atoms. The standard InChI is InChI=1S/C17H22N4O2/c1-2-10-18-17(23)20-15-8-11-21(12-9-15)13-16(22)19-14-6-4-3-5-7-14/h1,3-7,15H,8-13H2,(H,19,22)(H2,18,20,23). The highest BCUT2D eigenvalue weighted by Crippen LogP contribution is 2.11. The van der Waals surface area contributed by atoms with Gasteiger partial charge in [-0.15, -0.1) is 6.42 Å². The Hall–Kier alpha value is -2.52. The summed E-state index contributed by atoms with van der Waals surface area (Å²) >= 11 is 0. The molecule has 122 valence electrons. The van der Waals surface area contributed by atoms with Crippen molar-refractivity contribution in [2.75, 3.05) is 31.5 Å². The van der Waals surface area contributed by atoms with Gasteiger partial charge in [0.05, 0.1) is 13.1 Å². The number of carbonyl (C=O) groups is 2. The van der Waals surface area contributed by atoms with E-state index in [1.165, 1.54) is 0 Å². The maximum absolute atomic E-state index is 12.0. The van der Waals surface area contributed by atoms with Crippen LogP contribution in [-0.4, -0.2) is 49.1 Å². The Labute approximate surface area is 136 Å². The van der Waals surface area contributed by atoms with E-state index in [9.17, 15) is 9.59 Å². The number of piperidine rings is 1. The van der Waals surface area contributed by atoms with Gasteiger partial charge in [-0.25, -0.2) is 4.79 Å². The first-order valence-corrected chi connectivity index (χ1v) is 7.72. The average molecular weight is 314 g/mol. The van der Waals surface area contributed by atoms with Gasteiger partial charge < -0.3 is 16.0 Å². The minimum atomic E-state index is -0.233. The molecule has 6 nitrogen and oxygen atoms in total. The van der Waals surface area contributed by atoms with E-state index >= 15 is 0 Å². The number of terminal acetylenes is 1. The van der Waals surface area contributed by atoms with Crippen LogP contribution in [-0.2, 0) is 4.79 Å². The first-order valence-electron chi connectivity index (χ1n) is 7.72. The van der Waals surface area contributed by atoms with Crippen molar-refractivity contribution in [1.82, 2.24) is 15.5 Å². The van der Waals surface area contributed by atoms with Crippen LogP contribution in [0.4, 0.5) is 10.5 Å². The lowest BCUT2D eigenvalue weighted by Crippen LogP contribution is -2.49. The number of likely N-dealkylation sites (tertiary alicyclic amines) is 1. The van der Waals surface area contributed by atoms with Crippen LogP contribution in [0.25, 0.3) is 0 Å². The molecule has 1 aromatic rings. The molecule has 2 rings (SSSR count). The first-order chi connectivity index (χ1) is 11.2. The number of rotatable bonds is 5. The molecule has 0 spiro atoms. The van der Waals surface area contributed by atoms with E-state index in [4.69, 9.17) is 6.42 Å². The summed E-state index contributed by atoms with van der Waals surface area (Å²) in [6.45, 7) is 2.15. The van der Waals surface area contributed by atoms with Gasteiger partial charge in [-0.1, -0.05) is 24.1 Å². The van der Waals surface area contributed by atoms with Gasteiger partial charge >= 0.3 is 6.03 Å². The van der Waals surface area contributed by atoms with Crippen LogP contribution in [0.1, 0.15) is 12.8 Å². The number of carbonyl (C=O) groups excluding carboxylic acids is 2. The van der Waals surface area contributed by atoms with Crippen LogP contribution in [0.15, 0.2) is 30.3 Å². The van der Waals surface area contributed by atoms with E-state index in [0.717, 1.165) is 31.6 Å². The van der Waals surface area contributed by atoms with Gasteiger partial charge in [0, 0.05) is 24.8 Å². The molecular weight excluding hydrogens is 292 g/mol. The summed E-state index contributed by atoms with van der Waals surface area (Å²) in [7, 11) is 0. The fourth-order valence-electron chi connectivity index (χ4n) is 2.53. The van der Waals surface area contributed by atoms with Gasteiger partial charge in [0.15, 0.2) is 0 Å². The Morgan fingerprint density at radius 2 is 1.91 bits per heavy atom. The van der Waals surface area contributed by atoms with Crippen LogP contribution in [0, 0.1) is 12.3 Å². The van der Waals surface area contributed by atoms with E-state index in [1.807, 2.05) is 30.3 Å². The predicted molar refractivity (Wildman–Crippen MR) is 89.9 cm³/mol. The van der Waals surface area contributed by atoms with Crippen LogP contribution in [0.3, 0.4) is 0 Å². The minimum Gasteiger partial charge on any atom is -0.335 e. The number of benzene rings is 1. The second-order valence-corrected chi connectivity index (χ2v) is 5.50. The number of urea groups is 1. The number of hydrogen-bond acceptors (Lipinski definition) is 3. The maximum Gasteiger partial charge on any atom is 0.315 e. The van der Waals surface area contributed by atoms with Gasteiger partial charge in [-0.2, -0.15) is 0 Å². The second-order valence-electron chi connectivity index (χ2n) is 5.50. The zero-order valence-electron chi connectivity index (χ0n) is 13.0.